The molecule has 1 saturated carbocycles. The molecule has 0 bridgehead atoms. The number of methoxy groups -OCH3 is 2. The van der Waals surface area contributed by atoms with Crippen molar-refractivity contribution in [2.75, 3.05) is 19.5 Å². The van der Waals surface area contributed by atoms with E-state index in [1.54, 1.807) is 14.2 Å². The average molecular weight is 250 g/mol. The molecule has 0 aliphatic heterocycles. The molecule has 1 aliphatic carbocycles. The number of nitrogens with two attached hydrogens (primary N) is 1. The molecule has 1 fully saturated rings. The predicted octanol–water partition coefficient (Wildman–Crippen LogP) is 2.39. The van der Waals surface area contributed by atoms with Gasteiger partial charge in [0.05, 0.1) is 19.9 Å². The number of benzene rings is 1. The molecule has 18 heavy (non-hydrogen) atoms. The second-order valence-corrected chi connectivity index (χ2v) is 4.77. The Morgan fingerprint density at radius 3 is 2.61 bits per heavy atom. The normalized spacial score (nSPS) is 23.5. The third kappa shape index (κ3) is 2.88. The van der Waals surface area contributed by atoms with Gasteiger partial charge >= 0.3 is 0 Å². The van der Waals surface area contributed by atoms with Gasteiger partial charge in [-0.1, -0.05) is 12.8 Å². The molecule has 1 aliphatic rings. The van der Waals surface area contributed by atoms with Gasteiger partial charge in [0.1, 0.15) is 11.5 Å². The summed E-state index contributed by atoms with van der Waals surface area (Å²) in [5, 5.41) is 3.49. The molecule has 1 aromatic carbocycles. The Bertz CT molecular complexity index is 395. The number of hydrogen-bond donors (Lipinski definition) is 2. The van der Waals surface area contributed by atoms with Crippen LogP contribution < -0.4 is 20.5 Å². The van der Waals surface area contributed by atoms with Gasteiger partial charge in [-0.2, -0.15) is 0 Å². The highest BCUT2D eigenvalue weighted by molar-refractivity contribution is 5.60. The summed E-state index contributed by atoms with van der Waals surface area (Å²) in [6, 6.07) is 6.30. The maximum absolute atomic E-state index is 6.15. The van der Waals surface area contributed by atoms with Gasteiger partial charge in [-0.25, -0.2) is 0 Å². The highest BCUT2D eigenvalue weighted by Gasteiger charge is 2.22. The van der Waals surface area contributed by atoms with Gasteiger partial charge in [-0.05, 0) is 25.0 Å². The highest BCUT2D eigenvalue weighted by atomic mass is 16.5. The van der Waals surface area contributed by atoms with Gasteiger partial charge in [0.15, 0.2) is 0 Å². The van der Waals surface area contributed by atoms with Crippen LogP contribution in [0.15, 0.2) is 18.2 Å². The Labute approximate surface area is 108 Å². The summed E-state index contributed by atoms with van der Waals surface area (Å²) in [5.74, 6) is 1.65. The van der Waals surface area contributed by atoms with E-state index in [-0.39, 0.29) is 6.04 Å². The van der Waals surface area contributed by atoms with Crippen LogP contribution in [-0.2, 0) is 0 Å². The molecule has 0 radical (unpaired) electrons. The maximum atomic E-state index is 6.15. The Balaban J connectivity index is 2.15. The van der Waals surface area contributed by atoms with E-state index in [2.05, 4.69) is 5.32 Å². The molecular weight excluding hydrogens is 228 g/mol. The first-order chi connectivity index (χ1) is 8.74. The fourth-order valence-electron chi connectivity index (χ4n) is 2.47. The van der Waals surface area contributed by atoms with Crippen molar-refractivity contribution in [1.29, 1.82) is 0 Å². The van der Waals surface area contributed by atoms with Crippen LogP contribution in [0.3, 0.4) is 0 Å². The summed E-state index contributed by atoms with van der Waals surface area (Å²) in [6.07, 6.45) is 4.66. The van der Waals surface area contributed by atoms with Crippen molar-refractivity contribution in [2.45, 2.75) is 37.8 Å². The van der Waals surface area contributed by atoms with E-state index in [4.69, 9.17) is 15.2 Å². The summed E-state index contributed by atoms with van der Waals surface area (Å²) < 4.78 is 10.6. The van der Waals surface area contributed by atoms with Crippen molar-refractivity contribution < 1.29 is 9.47 Å². The molecule has 0 aromatic heterocycles. The summed E-state index contributed by atoms with van der Waals surface area (Å²) >= 11 is 0. The largest absolute Gasteiger partial charge is 0.497 e. The zero-order valence-corrected chi connectivity index (χ0v) is 11.1. The number of anilines is 1. The molecular formula is C14H22N2O2. The van der Waals surface area contributed by atoms with Crippen molar-refractivity contribution in [1.82, 2.24) is 0 Å². The highest BCUT2D eigenvalue weighted by Crippen LogP contribution is 2.31. The van der Waals surface area contributed by atoms with Crippen LogP contribution in [0.4, 0.5) is 5.69 Å². The van der Waals surface area contributed by atoms with Gasteiger partial charge in [0, 0.05) is 18.2 Å². The van der Waals surface area contributed by atoms with E-state index in [9.17, 15) is 0 Å². The average Bonchev–Trinajstić information content (AvgIpc) is 2.41. The number of hydrogen-bond acceptors (Lipinski definition) is 4. The molecule has 4 nitrogen and oxygen atoms in total. The van der Waals surface area contributed by atoms with Gasteiger partial charge in [0.25, 0.3) is 0 Å². The van der Waals surface area contributed by atoms with Gasteiger partial charge in [0.2, 0.25) is 0 Å². The van der Waals surface area contributed by atoms with Crippen LogP contribution in [-0.4, -0.2) is 26.3 Å². The zero-order chi connectivity index (χ0) is 13.0. The topological polar surface area (TPSA) is 56.5 Å². The van der Waals surface area contributed by atoms with E-state index in [0.717, 1.165) is 30.0 Å². The molecule has 0 unspecified atom stereocenters. The number of ether oxygens (including phenoxy) is 2. The zero-order valence-electron chi connectivity index (χ0n) is 11.1. The van der Waals surface area contributed by atoms with E-state index >= 15 is 0 Å². The minimum atomic E-state index is 0.217. The minimum absolute atomic E-state index is 0.217. The van der Waals surface area contributed by atoms with E-state index in [1.165, 1.54) is 12.8 Å². The van der Waals surface area contributed by atoms with Crippen molar-refractivity contribution >= 4 is 5.69 Å². The fraction of sp³-hybridized carbons (Fsp3) is 0.571. The Morgan fingerprint density at radius 1 is 1.17 bits per heavy atom. The lowest BCUT2D eigenvalue weighted by Gasteiger charge is -2.30. The fourth-order valence-corrected chi connectivity index (χ4v) is 2.47. The van der Waals surface area contributed by atoms with Gasteiger partial charge in [-0.15, -0.1) is 0 Å². The van der Waals surface area contributed by atoms with Gasteiger partial charge < -0.3 is 20.5 Å². The number of nitrogens with one attached hydrogen (secondary N) is 1. The SMILES string of the molecule is COc1ccc(OC)c(N[C@@H]2CCCC[C@@H]2N)c1. The first-order valence-corrected chi connectivity index (χ1v) is 6.48. The summed E-state index contributed by atoms with van der Waals surface area (Å²) in [4.78, 5) is 0. The molecule has 0 amide bonds. The maximum Gasteiger partial charge on any atom is 0.142 e. The first kappa shape index (κ1) is 13.0. The van der Waals surface area contributed by atoms with E-state index < -0.39 is 0 Å². The predicted molar refractivity (Wildman–Crippen MR) is 73.4 cm³/mol. The lowest BCUT2D eigenvalue weighted by Crippen LogP contribution is -2.42. The smallest absolute Gasteiger partial charge is 0.142 e. The Morgan fingerprint density at radius 2 is 1.94 bits per heavy atom. The van der Waals surface area contributed by atoms with Crippen molar-refractivity contribution in [3.05, 3.63) is 18.2 Å². The molecule has 0 spiro atoms. The molecule has 0 heterocycles. The Kier molecular flexibility index (Phi) is 4.31. The van der Waals surface area contributed by atoms with Crippen LogP contribution in [0.1, 0.15) is 25.7 Å². The third-order valence-electron chi connectivity index (χ3n) is 3.57. The molecule has 100 valence electrons. The van der Waals surface area contributed by atoms with Crippen molar-refractivity contribution in [2.24, 2.45) is 5.73 Å². The second kappa shape index (κ2) is 5.96. The lowest BCUT2D eigenvalue weighted by molar-refractivity contribution is 0.392. The Hall–Kier alpha value is -1.42. The van der Waals surface area contributed by atoms with Crippen LogP contribution in [0.5, 0.6) is 11.5 Å². The lowest BCUT2D eigenvalue weighted by atomic mass is 9.91. The van der Waals surface area contributed by atoms with Crippen LogP contribution in [0.2, 0.25) is 0 Å². The van der Waals surface area contributed by atoms with Crippen molar-refractivity contribution in [3.63, 3.8) is 0 Å². The summed E-state index contributed by atoms with van der Waals surface area (Å²) in [5.41, 5.74) is 7.11. The summed E-state index contributed by atoms with van der Waals surface area (Å²) in [6.45, 7) is 0. The molecule has 0 saturated heterocycles. The third-order valence-corrected chi connectivity index (χ3v) is 3.57. The molecule has 2 rings (SSSR count). The van der Waals surface area contributed by atoms with Crippen LogP contribution in [0, 0.1) is 0 Å². The first-order valence-electron chi connectivity index (χ1n) is 6.48. The minimum Gasteiger partial charge on any atom is -0.497 e. The molecule has 3 N–H and O–H groups in total. The van der Waals surface area contributed by atoms with E-state index in [0.29, 0.717) is 6.04 Å². The molecule has 1 aromatic rings. The monoisotopic (exact) mass is 250 g/mol. The van der Waals surface area contributed by atoms with Crippen LogP contribution in [0.25, 0.3) is 0 Å². The number of rotatable bonds is 4. The quantitative estimate of drug-likeness (QED) is 0.861. The van der Waals surface area contributed by atoms with E-state index in [1.807, 2.05) is 18.2 Å². The standard InChI is InChI=1S/C14H22N2O2/c1-17-10-7-8-14(18-2)13(9-10)16-12-6-4-3-5-11(12)15/h7-9,11-12,16H,3-6,15H2,1-2H3/t11-,12+/m0/s1. The summed E-state index contributed by atoms with van der Waals surface area (Å²) in [7, 11) is 3.34. The molecule has 2 atom stereocenters. The van der Waals surface area contributed by atoms with Gasteiger partial charge in [-0.3, -0.25) is 0 Å². The van der Waals surface area contributed by atoms with Crippen LogP contribution >= 0.6 is 0 Å². The second-order valence-electron chi connectivity index (χ2n) is 4.77. The molecule has 4 heteroatoms. The van der Waals surface area contributed by atoms with Crippen molar-refractivity contribution in [3.8, 4) is 11.5 Å².